The lowest BCUT2D eigenvalue weighted by Crippen LogP contribution is -2.45. The molecule has 0 amide bonds. The Labute approximate surface area is 169 Å². The van der Waals surface area contributed by atoms with Crippen LogP contribution < -0.4 is 22.5 Å². The van der Waals surface area contributed by atoms with Gasteiger partial charge < -0.3 is 0 Å². The average Bonchev–Trinajstić information content (AvgIpc) is 3.16. The van der Waals surface area contributed by atoms with Crippen molar-refractivity contribution in [3.8, 4) is 11.4 Å². The predicted octanol–water partition coefficient (Wildman–Crippen LogP) is 1.10. The lowest BCUT2D eigenvalue weighted by molar-refractivity contribution is 0.625. The molecule has 2 aromatic carbocycles. The highest BCUT2D eigenvalue weighted by Gasteiger charge is 2.27. The number of benzene rings is 2. The second kappa shape index (κ2) is 6.28. The van der Waals surface area contributed by atoms with Crippen LogP contribution in [0.4, 0.5) is 0 Å². The van der Waals surface area contributed by atoms with Gasteiger partial charge >= 0.3 is 11.4 Å². The first kappa shape index (κ1) is 18.1. The number of aryl methyl sites for hydroxylation is 4. The Morgan fingerprint density at radius 3 is 1.43 bits per heavy atom. The molecule has 5 rings (SSSR count). The summed E-state index contributed by atoms with van der Waals surface area (Å²) in [5.41, 5.74) is -0.152. The molecule has 4 aromatic rings. The van der Waals surface area contributed by atoms with Crippen molar-refractivity contribution in [2.45, 2.75) is 26.9 Å². The second-order valence-electron chi connectivity index (χ2n) is 7.42. The Morgan fingerprint density at radius 2 is 1.03 bits per heavy atom. The van der Waals surface area contributed by atoms with Crippen molar-refractivity contribution in [2.75, 3.05) is 0 Å². The van der Waals surface area contributed by atoms with Gasteiger partial charge in [0.25, 0.3) is 11.1 Å². The SMILES string of the molecule is Cc1ccccc1-n1c(=O)c2c(=O)n(-c3ccccc3C)c(=O)n3c2n(c1=O)CC3. The largest absolute Gasteiger partial charge is 0.337 e. The lowest BCUT2D eigenvalue weighted by atomic mass is 10.2. The summed E-state index contributed by atoms with van der Waals surface area (Å²) in [5.74, 6) is 0. The van der Waals surface area contributed by atoms with Crippen LogP contribution in [0.3, 0.4) is 0 Å². The minimum absolute atomic E-state index is 0.0923. The van der Waals surface area contributed by atoms with Gasteiger partial charge in [0.2, 0.25) is 0 Å². The highest BCUT2D eigenvalue weighted by atomic mass is 16.2. The van der Waals surface area contributed by atoms with Crippen molar-refractivity contribution in [1.82, 2.24) is 18.3 Å². The van der Waals surface area contributed by atoms with E-state index in [1.807, 2.05) is 12.1 Å². The van der Waals surface area contributed by atoms with Crippen LogP contribution in [0.25, 0.3) is 22.4 Å². The summed E-state index contributed by atoms with van der Waals surface area (Å²) in [4.78, 5) is 53.2. The summed E-state index contributed by atoms with van der Waals surface area (Å²) in [6.45, 7) is 4.02. The fourth-order valence-electron chi connectivity index (χ4n) is 4.17. The van der Waals surface area contributed by atoms with Crippen molar-refractivity contribution in [2.24, 2.45) is 0 Å². The van der Waals surface area contributed by atoms with Crippen molar-refractivity contribution >= 4 is 11.0 Å². The van der Waals surface area contributed by atoms with Gasteiger partial charge in [-0.05, 0) is 37.1 Å². The Balaban J connectivity index is 2.03. The third-order valence-electron chi connectivity index (χ3n) is 5.67. The molecule has 0 N–H and O–H groups in total. The number of nitrogens with zero attached hydrogens (tertiary/aromatic N) is 4. The quantitative estimate of drug-likeness (QED) is 0.502. The molecule has 0 unspecified atom stereocenters. The Kier molecular flexibility index (Phi) is 3.79. The van der Waals surface area contributed by atoms with Gasteiger partial charge in [0.1, 0.15) is 11.0 Å². The van der Waals surface area contributed by atoms with Gasteiger partial charge in [0, 0.05) is 13.1 Å². The lowest BCUT2D eigenvalue weighted by Gasteiger charge is -2.14. The van der Waals surface area contributed by atoms with Crippen molar-refractivity contribution in [1.29, 1.82) is 0 Å². The Hall–Kier alpha value is -3.94. The molecule has 0 saturated heterocycles. The molecule has 0 fully saturated rings. The molecule has 0 radical (unpaired) electrons. The van der Waals surface area contributed by atoms with E-state index in [4.69, 9.17) is 0 Å². The maximum atomic E-state index is 13.5. The van der Waals surface area contributed by atoms with Gasteiger partial charge in [0.05, 0.1) is 11.4 Å². The third kappa shape index (κ3) is 2.27. The van der Waals surface area contributed by atoms with E-state index in [2.05, 4.69) is 0 Å². The first-order chi connectivity index (χ1) is 14.4. The van der Waals surface area contributed by atoms with Crippen molar-refractivity contribution in [3.63, 3.8) is 0 Å². The zero-order valence-electron chi connectivity index (χ0n) is 16.5. The molecule has 8 heteroatoms. The molecular weight excluding hydrogens is 384 g/mol. The molecule has 0 atom stereocenters. The highest BCUT2D eigenvalue weighted by molar-refractivity contribution is 5.75. The number of aromatic nitrogens is 4. The molecule has 0 bridgehead atoms. The van der Waals surface area contributed by atoms with Crippen LogP contribution in [-0.4, -0.2) is 18.3 Å². The molecule has 2 aromatic heterocycles. The summed E-state index contributed by atoms with van der Waals surface area (Å²) in [6.07, 6.45) is 0. The summed E-state index contributed by atoms with van der Waals surface area (Å²) in [5, 5.41) is -0.168. The molecule has 150 valence electrons. The average molecular weight is 402 g/mol. The topological polar surface area (TPSA) is 88.0 Å². The first-order valence-electron chi connectivity index (χ1n) is 9.59. The zero-order chi connectivity index (χ0) is 21.2. The van der Waals surface area contributed by atoms with Crippen molar-refractivity contribution in [3.05, 3.63) is 101 Å². The maximum Gasteiger partial charge on any atom is 0.337 e. The first-order valence-corrected chi connectivity index (χ1v) is 9.59. The van der Waals surface area contributed by atoms with Gasteiger partial charge in [-0.15, -0.1) is 0 Å². The van der Waals surface area contributed by atoms with E-state index >= 15 is 0 Å². The summed E-state index contributed by atoms with van der Waals surface area (Å²) in [7, 11) is 0. The molecule has 8 nitrogen and oxygen atoms in total. The second-order valence-corrected chi connectivity index (χ2v) is 7.42. The number of rotatable bonds is 2. The van der Waals surface area contributed by atoms with E-state index in [-0.39, 0.29) is 24.1 Å². The molecular formula is C22H18N4O4. The smallest absolute Gasteiger partial charge is 0.276 e. The van der Waals surface area contributed by atoms with Gasteiger partial charge in [-0.2, -0.15) is 0 Å². The number of hydrogen-bond acceptors (Lipinski definition) is 4. The third-order valence-corrected chi connectivity index (χ3v) is 5.67. The van der Waals surface area contributed by atoms with E-state index in [1.54, 1.807) is 50.2 Å². The number of hydrogen-bond donors (Lipinski definition) is 0. The summed E-state index contributed by atoms with van der Waals surface area (Å²) in [6, 6.07) is 14.0. The van der Waals surface area contributed by atoms with Crippen LogP contribution in [0.1, 0.15) is 11.1 Å². The van der Waals surface area contributed by atoms with E-state index in [1.165, 1.54) is 9.13 Å². The van der Waals surface area contributed by atoms with Crippen LogP contribution in [0.5, 0.6) is 0 Å². The van der Waals surface area contributed by atoms with E-state index in [0.29, 0.717) is 11.4 Å². The minimum atomic E-state index is -0.719. The molecule has 1 aliphatic rings. The van der Waals surface area contributed by atoms with Crippen LogP contribution in [0, 0.1) is 13.8 Å². The van der Waals surface area contributed by atoms with Crippen molar-refractivity contribution < 1.29 is 0 Å². The predicted molar refractivity (Wildman–Crippen MR) is 113 cm³/mol. The standard InChI is InChI=1S/C22H18N4O4/c1-13-7-3-5-9-15(13)25-19(27)17-18-23(21(25)29)11-12-24(18)22(30)26(20(17)28)16-10-6-4-8-14(16)2/h3-10H,11-12H2,1-2H3. The highest BCUT2D eigenvalue weighted by Crippen LogP contribution is 2.16. The van der Waals surface area contributed by atoms with Crippen LogP contribution >= 0.6 is 0 Å². The zero-order valence-corrected chi connectivity index (χ0v) is 16.5. The molecule has 0 spiro atoms. The molecule has 3 heterocycles. The molecule has 1 aliphatic heterocycles. The Morgan fingerprint density at radius 1 is 0.633 bits per heavy atom. The number of para-hydroxylation sites is 2. The fourth-order valence-corrected chi connectivity index (χ4v) is 4.17. The molecule has 0 aliphatic carbocycles. The maximum absolute atomic E-state index is 13.5. The van der Waals surface area contributed by atoms with E-state index < -0.39 is 22.5 Å². The van der Waals surface area contributed by atoms with E-state index in [9.17, 15) is 19.2 Å². The van der Waals surface area contributed by atoms with Gasteiger partial charge in [0.15, 0.2) is 0 Å². The van der Waals surface area contributed by atoms with Crippen LogP contribution in [0.15, 0.2) is 67.7 Å². The van der Waals surface area contributed by atoms with Crippen LogP contribution in [0.2, 0.25) is 0 Å². The fraction of sp³-hybridized carbons (Fsp3) is 0.182. The summed E-state index contributed by atoms with van der Waals surface area (Å²) < 4.78 is 4.74. The van der Waals surface area contributed by atoms with Gasteiger partial charge in [-0.3, -0.25) is 18.7 Å². The summed E-state index contributed by atoms with van der Waals surface area (Å²) >= 11 is 0. The normalized spacial score (nSPS) is 12.6. The monoisotopic (exact) mass is 402 g/mol. The minimum Gasteiger partial charge on any atom is -0.276 e. The molecule has 0 saturated carbocycles. The van der Waals surface area contributed by atoms with Gasteiger partial charge in [-0.1, -0.05) is 36.4 Å². The molecule has 30 heavy (non-hydrogen) atoms. The van der Waals surface area contributed by atoms with Gasteiger partial charge in [-0.25, -0.2) is 18.7 Å². The van der Waals surface area contributed by atoms with E-state index in [0.717, 1.165) is 20.3 Å². The Bertz CT molecular complexity index is 1480. The van der Waals surface area contributed by atoms with Crippen LogP contribution in [-0.2, 0) is 13.1 Å².